The van der Waals surface area contributed by atoms with E-state index < -0.39 is 35.8 Å². The van der Waals surface area contributed by atoms with E-state index in [1.807, 2.05) is 0 Å². The van der Waals surface area contributed by atoms with Crippen LogP contribution in [0.3, 0.4) is 0 Å². The van der Waals surface area contributed by atoms with Gasteiger partial charge in [0.2, 0.25) is 12.6 Å². The molecule has 0 bridgehead atoms. The van der Waals surface area contributed by atoms with Crippen molar-refractivity contribution in [2.75, 3.05) is 5.75 Å². The lowest BCUT2D eigenvalue weighted by molar-refractivity contribution is -0.182. The van der Waals surface area contributed by atoms with Gasteiger partial charge in [0.25, 0.3) is 0 Å². The smallest absolute Gasteiger partial charge is 0.370 e. The molecule has 2 atom stereocenters. The van der Waals surface area contributed by atoms with Crippen molar-refractivity contribution < 1.29 is 38.1 Å². The number of thioether (sulfide) groups is 1. The normalized spacial score (nSPS) is 12.7. The standard InChI is InChI=1S/C13H20O8S/c1-8(14)18-10(3)20-12(16)6-5-7-22-13(17)21-11(4)19-9(2)15/h10-11H,5-7H2,1-4H3/t10-,11-/m0/s1. The van der Waals surface area contributed by atoms with Crippen molar-refractivity contribution in [3.63, 3.8) is 0 Å². The minimum atomic E-state index is -0.952. The van der Waals surface area contributed by atoms with Crippen molar-refractivity contribution in [3.8, 4) is 0 Å². The second kappa shape index (κ2) is 10.9. The predicted octanol–water partition coefficient (Wildman–Crippen LogP) is 2.00. The van der Waals surface area contributed by atoms with Gasteiger partial charge >= 0.3 is 23.2 Å². The van der Waals surface area contributed by atoms with E-state index in [1.54, 1.807) is 0 Å². The first-order valence-electron chi connectivity index (χ1n) is 6.58. The number of rotatable bonds is 8. The Morgan fingerprint density at radius 2 is 1.36 bits per heavy atom. The third kappa shape index (κ3) is 12.0. The monoisotopic (exact) mass is 336 g/mol. The molecule has 0 aliphatic rings. The van der Waals surface area contributed by atoms with Gasteiger partial charge in [-0.2, -0.15) is 0 Å². The minimum Gasteiger partial charge on any atom is -0.426 e. The lowest BCUT2D eigenvalue weighted by Crippen LogP contribution is -2.20. The Labute approximate surface area is 132 Å². The van der Waals surface area contributed by atoms with Crippen LogP contribution in [0.2, 0.25) is 0 Å². The number of ether oxygens (including phenoxy) is 4. The Kier molecular flexibility index (Phi) is 10.0. The second-order valence-corrected chi connectivity index (χ2v) is 5.19. The van der Waals surface area contributed by atoms with E-state index in [1.165, 1.54) is 27.7 Å². The first-order chi connectivity index (χ1) is 10.2. The molecule has 0 unspecified atom stereocenters. The zero-order valence-electron chi connectivity index (χ0n) is 13.0. The van der Waals surface area contributed by atoms with Crippen molar-refractivity contribution in [1.29, 1.82) is 0 Å². The summed E-state index contributed by atoms with van der Waals surface area (Å²) in [5.74, 6) is -1.28. The fourth-order valence-electron chi connectivity index (χ4n) is 1.30. The van der Waals surface area contributed by atoms with Crippen molar-refractivity contribution >= 4 is 35.0 Å². The topological polar surface area (TPSA) is 105 Å². The Bertz CT molecular complexity index is 371. The third-order valence-corrected chi connectivity index (χ3v) is 2.79. The fraction of sp³-hybridized carbons (Fsp3) is 0.692. The van der Waals surface area contributed by atoms with Gasteiger partial charge in [0.1, 0.15) is 0 Å². The Balaban J connectivity index is 3.74. The molecule has 0 rings (SSSR count). The Morgan fingerprint density at radius 1 is 0.864 bits per heavy atom. The molecule has 0 aliphatic carbocycles. The largest absolute Gasteiger partial charge is 0.426 e. The van der Waals surface area contributed by atoms with Crippen LogP contribution in [-0.2, 0) is 33.3 Å². The maximum atomic E-state index is 11.4. The molecule has 0 amide bonds. The quantitative estimate of drug-likeness (QED) is 0.374. The summed E-state index contributed by atoms with van der Waals surface area (Å²) in [5, 5.41) is -0.601. The molecule has 8 nitrogen and oxygen atoms in total. The SMILES string of the molecule is CC(=O)O[C@H](C)OC(=O)CCCSC(=O)O[C@@H](C)OC(C)=O. The van der Waals surface area contributed by atoms with Crippen LogP contribution in [-0.4, -0.2) is 41.5 Å². The second-order valence-electron chi connectivity index (χ2n) is 4.16. The van der Waals surface area contributed by atoms with Gasteiger partial charge in [-0.05, 0) is 18.2 Å². The van der Waals surface area contributed by atoms with Gasteiger partial charge in [-0.3, -0.25) is 14.4 Å². The molecular weight excluding hydrogens is 316 g/mol. The van der Waals surface area contributed by atoms with Crippen LogP contribution in [0, 0.1) is 0 Å². The highest BCUT2D eigenvalue weighted by molar-refractivity contribution is 8.13. The maximum Gasteiger partial charge on any atom is 0.370 e. The van der Waals surface area contributed by atoms with E-state index in [0.717, 1.165) is 11.8 Å². The Hall–Kier alpha value is -1.77. The van der Waals surface area contributed by atoms with Crippen LogP contribution in [0.15, 0.2) is 0 Å². The summed E-state index contributed by atoms with van der Waals surface area (Å²) in [6.45, 7) is 5.28. The first-order valence-corrected chi connectivity index (χ1v) is 7.56. The molecule has 0 fully saturated rings. The van der Waals surface area contributed by atoms with Crippen LogP contribution < -0.4 is 0 Å². The molecule has 22 heavy (non-hydrogen) atoms. The fourth-order valence-corrected chi connectivity index (χ4v) is 1.96. The lowest BCUT2D eigenvalue weighted by Gasteiger charge is -2.13. The molecule has 0 spiro atoms. The summed E-state index contributed by atoms with van der Waals surface area (Å²) in [4.78, 5) is 44.0. The molecule has 0 aliphatic heterocycles. The molecule has 0 aromatic heterocycles. The van der Waals surface area contributed by atoms with Crippen LogP contribution >= 0.6 is 11.8 Å². The average Bonchev–Trinajstić information content (AvgIpc) is 2.32. The number of carbonyl (C=O) groups is 4. The molecule has 0 N–H and O–H groups in total. The lowest BCUT2D eigenvalue weighted by atomic mass is 10.3. The first kappa shape index (κ1) is 20.2. The van der Waals surface area contributed by atoms with Crippen LogP contribution in [0.1, 0.15) is 40.5 Å². The molecule has 126 valence electrons. The minimum absolute atomic E-state index is 0.0748. The van der Waals surface area contributed by atoms with Crippen molar-refractivity contribution in [2.45, 2.75) is 53.1 Å². The van der Waals surface area contributed by atoms with E-state index >= 15 is 0 Å². The summed E-state index contributed by atoms with van der Waals surface area (Å²) in [6, 6.07) is 0. The zero-order valence-corrected chi connectivity index (χ0v) is 13.8. The van der Waals surface area contributed by atoms with Crippen LogP contribution in [0.4, 0.5) is 4.79 Å². The predicted molar refractivity (Wildman–Crippen MR) is 76.7 cm³/mol. The maximum absolute atomic E-state index is 11.4. The molecular formula is C13H20O8S. The summed E-state index contributed by atoms with van der Waals surface area (Å²) in [5.41, 5.74) is 0. The highest BCUT2D eigenvalue weighted by Gasteiger charge is 2.14. The summed E-state index contributed by atoms with van der Waals surface area (Å²) >= 11 is 0.858. The zero-order chi connectivity index (χ0) is 17.1. The number of esters is 3. The molecule has 0 heterocycles. The molecule has 0 radical (unpaired) electrons. The molecule has 0 saturated heterocycles. The van der Waals surface area contributed by atoms with E-state index in [0.29, 0.717) is 12.2 Å². The van der Waals surface area contributed by atoms with E-state index in [2.05, 4.69) is 9.47 Å². The van der Waals surface area contributed by atoms with Gasteiger partial charge in [-0.1, -0.05) is 0 Å². The summed E-state index contributed by atoms with van der Waals surface area (Å²) in [7, 11) is 0. The van der Waals surface area contributed by atoms with E-state index in [9.17, 15) is 19.2 Å². The van der Waals surface area contributed by atoms with Gasteiger partial charge in [-0.15, -0.1) is 0 Å². The summed E-state index contributed by atoms with van der Waals surface area (Å²) < 4.78 is 18.9. The van der Waals surface area contributed by atoms with Crippen LogP contribution in [0.25, 0.3) is 0 Å². The third-order valence-electron chi connectivity index (χ3n) is 1.97. The number of hydrogen-bond acceptors (Lipinski definition) is 9. The number of hydrogen-bond donors (Lipinski definition) is 0. The van der Waals surface area contributed by atoms with Crippen molar-refractivity contribution in [1.82, 2.24) is 0 Å². The van der Waals surface area contributed by atoms with Gasteiger partial charge in [0.05, 0.1) is 0 Å². The molecule has 0 aromatic carbocycles. The summed E-state index contributed by atoms with van der Waals surface area (Å²) in [6.07, 6.45) is -1.43. The molecule has 9 heteroatoms. The van der Waals surface area contributed by atoms with Gasteiger partial charge < -0.3 is 18.9 Å². The van der Waals surface area contributed by atoms with E-state index in [-0.39, 0.29) is 6.42 Å². The highest BCUT2D eigenvalue weighted by Crippen LogP contribution is 2.11. The van der Waals surface area contributed by atoms with Gasteiger partial charge in [-0.25, -0.2) is 4.79 Å². The average molecular weight is 336 g/mol. The van der Waals surface area contributed by atoms with Crippen molar-refractivity contribution in [2.24, 2.45) is 0 Å². The molecule has 0 aromatic rings. The highest BCUT2D eigenvalue weighted by atomic mass is 32.2. The number of carbonyl (C=O) groups excluding carboxylic acids is 4. The molecule has 0 saturated carbocycles. The van der Waals surface area contributed by atoms with Crippen LogP contribution in [0.5, 0.6) is 0 Å². The van der Waals surface area contributed by atoms with Gasteiger partial charge in [0.15, 0.2) is 0 Å². The van der Waals surface area contributed by atoms with E-state index in [4.69, 9.17) is 9.47 Å². The Morgan fingerprint density at radius 3 is 1.86 bits per heavy atom. The van der Waals surface area contributed by atoms with Crippen molar-refractivity contribution in [3.05, 3.63) is 0 Å². The van der Waals surface area contributed by atoms with Gasteiger partial charge in [0, 0.05) is 39.9 Å².